The number of benzene rings is 2. The molecule has 0 radical (unpaired) electrons. The average Bonchev–Trinajstić information content (AvgIpc) is 2.78. The second-order valence-electron chi connectivity index (χ2n) is 4.30. The molecule has 0 aliphatic carbocycles. The number of thiophene rings is 1. The topological polar surface area (TPSA) is 55.5 Å². The summed E-state index contributed by atoms with van der Waals surface area (Å²) in [6, 6.07) is 14.8. The van der Waals surface area contributed by atoms with Crippen LogP contribution < -0.4 is 10.5 Å². The van der Waals surface area contributed by atoms with Gasteiger partial charge in [0.05, 0.1) is 0 Å². The molecule has 3 nitrogen and oxygen atoms in total. The molecule has 0 fully saturated rings. The average molecular weight is 271 g/mol. The summed E-state index contributed by atoms with van der Waals surface area (Å²) >= 11 is 1.67. The van der Waals surface area contributed by atoms with E-state index in [0.29, 0.717) is 12.4 Å². The maximum atomic E-state index is 9.36. The highest BCUT2D eigenvalue weighted by Gasteiger charge is 2.03. The summed E-state index contributed by atoms with van der Waals surface area (Å²) in [5, 5.41) is 10.5. The molecule has 0 saturated carbocycles. The quantitative estimate of drug-likeness (QED) is 0.713. The first-order valence-electron chi connectivity index (χ1n) is 5.90. The molecule has 0 saturated heterocycles. The predicted octanol–water partition coefficient (Wildman–Crippen LogP) is 3.77. The Balaban J connectivity index is 1.78. The Morgan fingerprint density at radius 2 is 2.00 bits per heavy atom. The molecular weight excluding hydrogens is 258 g/mol. The Bertz CT molecular complexity index is 721. The molecular formula is C15H13NO2S. The lowest BCUT2D eigenvalue weighted by molar-refractivity contribution is 0.308. The van der Waals surface area contributed by atoms with Crippen LogP contribution in [0.5, 0.6) is 11.5 Å². The second-order valence-corrected chi connectivity index (χ2v) is 5.46. The first-order chi connectivity index (χ1) is 9.20. The van der Waals surface area contributed by atoms with Crippen molar-refractivity contribution < 1.29 is 9.84 Å². The Morgan fingerprint density at radius 3 is 2.84 bits per heavy atom. The molecule has 1 aromatic heterocycles. The van der Waals surface area contributed by atoms with Gasteiger partial charge in [-0.05, 0) is 35.7 Å². The minimum Gasteiger partial charge on any atom is -0.508 e. The van der Waals surface area contributed by atoms with Crippen molar-refractivity contribution in [3.8, 4) is 11.5 Å². The van der Waals surface area contributed by atoms with E-state index in [0.717, 1.165) is 15.3 Å². The number of ether oxygens (including phenoxy) is 1. The van der Waals surface area contributed by atoms with Gasteiger partial charge in [-0.15, -0.1) is 11.3 Å². The summed E-state index contributed by atoms with van der Waals surface area (Å²) < 4.78 is 6.81. The van der Waals surface area contributed by atoms with Gasteiger partial charge in [0.15, 0.2) is 0 Å². The fourth-order valence-electron chi connectivity index (χ4n) is 1.90. The van der Waals surface area contributed by atoms with E-state index < -0.39 is 0 Å². The van der Waals surface area contributed by atoms with Crippen LogP contribution in [0.4, 0.5) is 5.69 Å². The number of fused-ring (bicyclic) bond motifs is 1. The summed E-state index contributed by atoms with van der Waals surface area (Å²) in [6.07, 6.45) is 0. The summed E-state index contributed by atoms with van der Waals surface area (Å²) in [4.78, 5) is 1.13. The van der Waals surface area contributed by atoms with Crippen molar-refractivity contribution in [1.29, 1.82) is 0 Å². The van der Waals surface area contributed by atoms with Crippen LogP contribution >= 0.6 is 11.3 Å². The molecule has 0 amide bonds. The van der Waals surface area contributed by atoms with E-state index in [1.807, 2.05) is 24.3 Å². The zero-order valence-corrected chi connectivity index (χ0v) is 11.0. The molecule has 0 unspecified atom stereocenters. The number of nitrogen functional groups attached to an aromatic ring is 1. The third kappa shape index (κ3) is 2.63. The number of anilines is 1. The van der Waals surface area contributed by atoms with Crippen LogP contribution in [0, 0.1) is 0 Å². The fourth-order valence-corrected chi connectivity index (χ4v) is 2.93. The minimum atomic E-state index is 0.210. The van der Waals surface area contributed by atoms with Gasteiger partial charge >= 0.3 is 0 Å². The Morgan fingerprint density at radius 1 is 1.11 bits per heavy atom. The smallest absolute Gasteiger partial charge is 0.123 e. The number of rotatable bonds is 3. The van der Waals surface area contributed by atoms with E-state index in [9.17, 15) is 5.11 Å². The van der Waals surface area contributed by atoms with Crippen molar-refractivity contribution in [2.24, 2.45) is 0 Å². The number of phenolic OH excluding ortho intramolecular Hbond substituents is 1. The lowest BCUT2D eigenvalue weighted by atomic mass is 10.2. The summed E-state index contributed by atoms with van der Waals surface area (Å²) in [5.74, 6) is 0.874. The number of aromatic hydroxyl groups is 1. The molecule has 3 rings (SSSR count). The maximum absolute atomic E-state index is 9.36. The Hall–Kier alpha value is -2.20. The third-order valence-corrected chi connectivity index (χ3v) is 3.87. The van der Waals surface area contributed by atoms with Crippen molar-refractivity contribution in [2.45, 2.75) is 6.61 Å². The number of hydrogen-bond acceptors (Lipinski definition) is 4. The minimum absolute atomic E-state index is 0.210. The normalized spacial score (nSPS) is 10.7. The summed E-state index contributed by atoms with van der Waals surface area (Å²) in [7, 11) is 0. The van der Waals surface area contributed by atoms with Gasteiger partial charge in [0, 0.05) is 21.3 Å². The molecule has 2 aromatic carbocycles. The van der Waals surface area contributed by atoms with E-state index >= 15 is 0 Å². The molecule has 4 heteroatoms. The molecule has 0 aliphatic rings. The van der Waals surface area contributed by atoms with Gasteiger partial charge in [0.25, 0.3) is 0 Å². The van der Waals surface area contributed by atoms with Gasteiger partial charge < -0.3 is 15.6 Å². The lowest BCUT2D eigenvalue weighted by Gasteiger charge is -2.04. The number of phenols is 1. The highest BCUT2D eigenvalue weighted by Crippen LogP contribution is 2.28. The predicted molar refractivity (Wildman–Crippen MR) is 78.7 cm³/mol. The van der Waals surface area contributed by atoms with E-state index in [1.54, 1.807) is 29.5 Å². The van der Waals surface area contributed by atoms with E-state index in [4.69, 9.17) is 10.5 Å². The van der Waals surface area contributed by atoms with Gasteiger partial charge in [-0.1, -0.05) is 12.1 Å². The molecule has 1 heterocycles. The van der Waals surface area contributed by atoms with Crippen LogP contribution in [0.1, 0.15) is 4.88 Å². The van der Waals surface area contributed by atoms with Crippen molar-refractivity contribution >= 4 is 27.1 Å². The monoisotopic (exact) mass is 271 g/mol. The van der Waals surface area contributed by atoms with Crippen molar-refractivity contribution in [1.82, 2.24) is 0 Å². The third-order valence-electron chi connectivity index (χ3n) is 2.79. The van der Waals surface area contributed by atoms with Crippen LogP contribution in [-0.2, 0) is 6.61 Å². The van der Waals surface area contributed by atoms with Crippen LogP contribution in [0.25, 0.3) is 10.1 Å². The molecule has 3 N–H and O–H groups in total. The van der Waals surface area contributed by atoms with Crippen LogP contribution in [-0.4, -0.2) is 5.11 Å². The van der Waals surface area contributed by atoms with Crippen LogP contribution in [0.2, 0.25) is 0 Å². The fraction of sp³-hybridized carbons (Fsp3) is 0.0667. The first-order valence-corrected chi connectivity index (χ1v) is 6.72. The number of nitrogens with two attached hydrogens (primary N) is 1. The van der Waals surface area contributed by atoms with Gasteiger partial charge in [-0.25, -0.2) is 0 Å². The standard InChI is InChI=1S/C15H13NO2S/c16-11-5-4-10-6-14(19-15(10)7-11)9-18-13-3-1-2-12(17)8-13/h1-8,17H,9,16H2. The molecule has 0 bridgehead atoms. The molecule has 96 valence electrons. The zero-order chi connectivity index (χ0) is 13.2. The number of hydrogen-bond donors (Lipinski definition) is 2. The van der Waals surface area contributed by atoms with E-state index in [1.165, 1.54) is 5.39 Å². The molecule has 0 aliphatic heterocycles. The maximum Gasteiger partial charge on any atom is 0.123 e. The Labute approximate surface area is 114 Å². The molecule has 0 spiro atoms. The second kappa shape index (κ2) is 4.82. The molecule has 3 aromatic rings. The Kier molecular flexibility index (Phi) is 3.01. The van der Waals surface area contributed by atoms with Crippen LogP contribution in [0.3, 0.4) is 0 Å². The SMILES string of the molecule is Nc1ccc2cc(COc3cccc(O)c3)sc2c1. The molecule has 0 atom stereocenters. The van der Waals surface area contributed by atoms with Crippen LogP contribution in [0.15, 0.2) is 48.5 Å². The molecule has 19 heavy (non-hydrogen) atoms. The first kappa shape index (κ1) is 11.9. The van der Waals surface area contributed by atoms with Gasteiger partial charge in [0.2, 0.25) is 0 Å². The van der Waals surface area contributed by atoms with Gasteiger partial charge in [-0.3, -0.25) is 0 Å². The van der Waals surface area contributed by atoms with E-state index in [-0.39, 0.29) is 5.75 Å². The highest BCUT2D eigenvalue weighted by molar-refractivity contribution is 7.19. The van der Waals surface area contributed by atoms with Gasteiger partial charge in [-0.2, -0.15) is 0 Å². The largest absolute Gasteiger partial charge is 0.508 e. The van der Waals surface area contributed by atoms with Gasteiger partial charge in [0.1, 0.15) is 18.1 Å². The summed E-state index contributed by atoms with van der Waals surface area (Å²) in [5.41, 5.74) is 6.54. The zero-order valence-electron chi connectivity index (χ0n) is 10.2. The van der Waals surface area contributed by atoms with Crippen molar-refractivity contribution in [2.75, 3.05) is 5.73 Å². The van der Waals surface area contributed by atoms with Crippen molar-refractivity contribution in [3.63, 3.8) is 0 Å². The highest BCUT2D eigenvalue weighted by atomic mass is 32.1. The van der Waals surface area contributed by atoms with E-state index in [2.05, 4.69) is 6.07 Å². The lowest BCUT2D eigenvalue weighted by Crippen LogP contribution is -1.91. The summed E-state index contributed by atoms with van der Waals surface area (Å²) in [6.45, 7) is 0.489. The van der Waals surface area contributed by atoms with Crippen molar-refractivity contribution in [3.05, 3.63) is 53.4 Å².